The van der Waals surface area contributed by atoms with Gasteiger partial charge < -0.3 is 10.2 Å². The maximum atomic E-state index is 3.25. The maximum Gasteiger partial charge on any atom is 0.0163 e. The van der Waals surface area contributed by atoms with Crippen molar-refractivity contribution < 1.29 is 0 Å². The van der Waals surface area contributed by atoms with Gasteiger partial charge in [0, 0.05) is 25.7 Å². The molecule has 11 heavy (non-hydrogen) atoms. The van der Waals surface area contributed by atoms with Crippen LogP contribution in [0.4, 0.5) is 0 Å². The minimum atomic E-state index is 0.577. The summed E-state index contributed by atoms with van der Waals surface area (Å²) < 4.78 is 0. The first-order valence-corrected chi connectivity index (χ1v) is 4.43. The van der Waals surface area contributed by atoms with Crippen molar-refractivity contribution in [2.24, 2.45) is 5.41 Å². The van der Waals surface area contributed by atoms with Crippen molar-refractivity contribution in [1.82, 2.24) is 10.2 Å². The van der Waals surface area contributed by atoms with Gasteiger partial charge in [-0.3, -0.25) is 0 Å². The highest BCUT2D eigenvalue weighted by atomic mass is 15.2. The molecule has 0 radical (unpaired) electrons. The number of rotatable bonds is 3. The van der Waals surface area contributed by atoms with Gasteiger partial charge in [0.25, 0.3) is 0 Å². The summed E-state index contributed by atoms with van der Waals surface area (Å²) in [7, 11) is 2.02. The molecule has 0 aromatic heterocycles. The zero-order valence-electron chi connectivity index (χ0n) is 8.15. The van der Waals surface area contributed by atoms with Gasteiger partial charge in [-0.25, -0.2) is 0 Å². The van der Waals surface area contributed by atoms with Crippen molar-refractivity contribution >= 4 is 0 Å². The van der Waals surface area contributed by atoms with E-state index in [0.29, 0.717) is 11.5 Å². The lowest BCUT2D eigenvalue weighted by Crippen LogP contribution is -2.55. The van der Waals surface area contributed by atoms with E-state index < -0.39 is 0 Å². The summed E-state index contributed by atoms with van der Waals surface area (Å²) in [5.74, 6) is 0. The molecule has 66 valence electrons. The second kappa shape index (κ2) is 3.11. The number of hydrogen-bond donors (Lipinski definition) is 1. The van der Waals surface area contributed by atoms with Gasteiger partial charge in [0.05, 0.1) is 0 Å². The van der Waals surface area contributed by atoms with E-state index in [-0.39, 0.29) is 0 Å². The first-order valence-electron chi connectivity index (χ1n) is 4.43. The predicted octanol–water partition coefficient (Wildman–Crippen LogP) is 0.936. The van der Waals surface area contributed by atoms with Crippen LogP contribution in [0.1, 0.15) is 20.8 Å². The van der Waals surface area contributed by atoms with Gasteiger partial charge in [-0.2, -0.15) is 0 Å². The molecule has 1 fully saturated rings. The fourth-order valence-electron chi connectivity index (χ4n) is 1.77. The number of nitrogens with one attached hydrogen (secondary N) is 1. The third kappa shape index (κ3) is 2.46. The van der Waals surface area contributed by atoms with Crippen LogP contribution in [0.2, 0.25) is 0 Å². The summed E-state index contributed by atoms with van der Waals surface area (Å²) in [5.41, 5.74) is 0.577. The summed E-state index contributed by atoms with van der Waals surface area (Å²) in [6.07, 6.45) is 0. The van der Waals surface area contributed by atoms with Gasteiger partial charge in [0.2, 0.25) is 0 Å². The molecule has 1 saturated heterocycles. The van der Waals surface area contributed by atoms with Crippen molar-refractivity contribution in [3.8, 4) is 0 Å². The average Bonchev–Trinajstić information content (AvgIpc) is 1.83. The van der Waals surface area contributed by atoms with Crippen LogP contribution in [0, 0.1) is 5.41 Å². The Morgan fingerprint density at radius 1 is 1.45 bits per heavy atom. The Labute approximate surface area is 70.0 Å². The van der Waals surface area contributed by atoms with Crippen LogP contribution in [0.15, 0.2) is 0 Å². The largest absolute Gasteiger partial charge is 0.316 e. The van der Waals surface area contributed by atoms with Gasteiger partial charge >= 0.3 is 0 Å². The monoisotopic (exact) mass is 156 g/mol. The van der Waals surface area contributed by atoms with Crippen LogP contribution < -0.4 is 5.32 Å². The maximum absolute atomic E-state index is 3.25. The van der Waals surface area contributed by atoms with Crippen LogP contribution in [0.5, 0.6) is 0 Å². The molecule has 0 spiro atoms. The van der Waals surface area contributed by atoms with Gasteiger partial charge in [0.15, 0.2) is 0 Å². The lowest BCUT2D eigenvalue weighted by Gasteiger charge is -2.46. The fourth-order valence-corrected chi connectivity index (χ4v) is 1.77. The molecule has 1 aliphatic rings. The van der Waals surface area contributed by atoms with Crippen LogP contribution in [-0.4, -0.2) is 37.6 Å². The molecule has 1 aliphatic heterocycles. The molecule has 0 saturated carbocycles. The smallest absolute Gasteiger partial charge is 0.0163 e. The molecule has 0 bridgehead atoms. The summed E-state index contributed by atoms with van der Waals surface area (Å²) in [6, 6.07) is 0.631. The molecular weight excluding hydrogens is 136 g/mol. The van der Waals surface area contributed by atoms with Crippen molar-refractivity contribution in [3.63, 3.8) is 0 Å². The third-order valence-electron chi connectivity index (χ3n) is 2.33. The normalized spacial score (nSPS) is 26.2. The lowest BCUT2D eigenvalue weighted by atomic mass is 9.84. The van der Waals surface area contributed by atoms with Crippen LogP contribution in [-0.2, 0) is 0 Å². The van der Waals surface area contributed by atoms with E-state index in [2.05, 4.69) is 31.0 Å². The van der Waals surface area contributed by atoms with Gasteiger partial charge in [0.1, 0.15) is 0 Å². The Kier molecular flexibility index (Phi) is 2.55. The molecule has 1 N–H and O–H groups in total. The highest BCUT2D eigenvalue weighted by Crippen LogP contribution is 2.28. The quantitative estimate of drug-likeness (QED) is 0.654. The molecule has 0 unspecified atom stereocenters. The van der Waals surface area contributed by atoms with E-state index in [1.165, 1.54) is 19.6 Å². The minimum Gasteiger partial charge on any atom is -0.316 e. The first-order chi connectivity index (χ1) is 5.03. The van der Waals surface area contributed by atoms with Crippen molar-refractivity contribution in [3.05, 3.63) is 0 Å². The summed E-state index contributed by atoms with van der Waals surface area (Å²) >= 11 is 0. The van der Waals surface area contributed by atoms with Crippen LogP contribution >= 0.6 is 0 Å². The zero-order valence-corrected chi connectivity index (χ0v) is 8.15. The second-order valence-electron chi connectivity index (χ2n) is 4.52. The van der Waals surface area contributed by atoms with Crippen molar-refractivity contribution in [1.29, 1.82) is 0 Å². The standard InChI is InChI=1S/C9H20N2/c1-8(10-4)5-11-6-9(2,3)7-11/h8,10H,5-7H2,1-4H3/t8-/m0/s1. The Hall–Kier alpha value is -0.0800. The third-order valence-corrected chi connectivity index (χ3v) is 2.33. The molecule has 0 aromatic rings. The van der Waals surface area contributed by atoms with E-state index >= 15 is 0 Å². The summed E-state index contributed by atoms with van der Waals surface area (Å²) in [6.45, 7) is 10.6. The fraction of sp³-hybridized carbons (Fsp3) is 1.00. The van der Waals surface area contributed by atoms with Gasteiger partial charge in [-0.15, -0.1) is 0 Å². The van der Waals surface area contributed by atoms with E-state index in [4.69, 9.17) is 0 Å². The minimum absolute atomic E-state index is 0.577. The zero-order chi connectivity index (χ0) is 8.48. The molecule has 1 heterocycles. The lowest BCUT2D eigenvalue weighted by molar-refractivity contribution is 0.0256. The molecule has 1 rings (SSSR count). The highest BCUT2D eigenvalue weighted by Gasteiger charge is 2.33. The summed E-state index contributed by atoms with van der Waals surface area (Å²) in [5, 5.41) is 3.25. The topological polar surface area (TPSA) is 15.3 Å². The molecule has 2 nitrogen and oxygen atoms in total. The molecular formula is C9H20N2. The van der Waals surface area contributed by atoms with Gasteiger partial charge in [-0.05, 0) is 19.4 Å². The molecule has 0 amide bonds. The van der Waals surface area contributed by atoms with E-state index in [1.54, 1.807) is 0 Å². The van der Waals surface area contributed by atoms with E-state index in [1.807, 2.05) is 7.05 Å². The Bertz CT molecular complexity index is 124. The number of nitrogens with zero attached hydrogens (tertiary/aromatic N) is 1. The van der Waals surface area contributed by atoms with Gasteiger partial charge in [-0.1, -0.05) is 13.8 Å². The van der Waals surface area contributed by atoms with E-state index in [9.17, 15) is 0 Å². The Balaban J connectivity index is 2.13. The SMILES string of the molecule is CN[C@@H](C)CN1CC(C)(C)C1. The number of likely N-dealkylation sites (N-methyl/N-ethyl adjacent to an activating group) is 1. The number of likely N-dealkylation sites (tertiary alicyclic amines) is 1. The molecule has 0 aliphatic carbocycles. The summed E-state index contributed by atoms with van der Waals surface area (Å²) in [4.78, 5) is 2.50. The molecule has 0 aromatic carbocycles. The van der Waals surface area contributed by atoms with Crippen molar-refractivity contribution in [2.45, 2.75) is 26.8 Å². The Morgan fingerprint density at radius 3 is 2.36 bits per heavy atom. The highest BCUT2D eigenvalue weighted by molar-refractivity contribution is 4.88. The predicted molar refractivity (Wildman–Crippen MR) is 48.7 cm³/mol. The van der Waals surface area contributed by atoms with E-state index in [0.717, 1.165) is 0 Å². The average molecular weight is 156 g/mol. The Morgan fingerprint density at radius 2 is 2.00 bits per heavy atom. The van der Waals surface area contributed by atoms with Crippen LogP contribution in [0.25, 0.3) is 0 Å². The molecule has 2 heteroatoms. The van der Waals surface area contributed by atoms with Crippen molar-refractivity contribution in [2.75, 3.05) is 26.7 Å². The first kappa shape index (κ1) is 9.01. The number of hydrogen-bond acceptors (Lipinski definition) is 2. The molecule has 1 atom stereocenters. The van der Waals surface area contributed by atoms with Crippen LogP contribution in [0.3, 0.4) is 0 Å². The second-order valence-corrected chi connectivity index (χ2v) is 4.52.